The first-order valence-corrected chi connectivity index (χ1v) is 10.2. The fraction of sp³-hybridized carbons (Fsp3) is 0.160. The summed E-state index contributed by atoms with van der Waals surface area (Å²) in [4.78, 5) is 17.4. The number of carbonyl (C=O) groups excluding carboxylic acids is 1. The summed E-state index contributed by atoms with van der Waals surface area (Å²) in [5.74, 6) is 1.91. The van der Waals surface area contributed by atoms with E-state index in [0.717, 1.165) is 11.1 Å². The van der Waals surface area contributed by atoms with Gasteiger partial charge in [-0.05, 0) is 31.2 Å². The number of carbonyl (C=O) groups is 1. The minimum atomic E-state index is -0.358. The average Bonchev–Trinajstić information content (AvgIpc) is 3.32. The largest absolute Gasteiger partial charge is 0.497 e. The van der Waals surface area contributed by atoms with Crippen molar-refractivity contribution in [3.05, 3.63) is 83.7 Å². The molecule has 4 rings (SSSR count). The number of hydrogen-bond acceptors (Lipinski definition) is 7. The molecule has 0 bridgehead atoms. The molecule has 0 aliphatic heterocycles. The van der Waals surface area contributed by atoms with Crippen LogP contribution in [0.3, 0.4) is 0 Å². The van der Waals surface area contributed by atoms with Crippen molar-refractivity contribution in [3.63, 3.8) is 0 Å². The zero-order chi connectivity index (χ0) is 23.2. The molecule has 0 saturated carbocycles. The molecular weight excluding hydrogens is 422 g/mol. The Kier molecular flexibility index (Phi) is 6.54. The van der Waals surface area contributed by atoms with E-state index < -0.39 is 0 Å². The van der Waals surface area contributed by atoms with Crippen LogP contribution in [0, 0.1) is 6.92 Å². The van der Waals surface area contributed by atoms with Crippen molar-refractivity contribution in [2.45, 2.75) is 13.5 Å². The van der Waals surface area contributed by atoms with E-state index in [9.17, 15) is 4.79 Å². The van der Waals surface area contributed by atoms with E-state index in [1.165, 1.54) is 7.11 Å². The van der Waals surface area contributed by atoms with Crippen LogP contribution in [0.2, 0.25) is 0 Å². The van der Waals surface area contributed by atoms with E-state index >= 15 is 0 Å². The van der Waals surface area contributed by atoms with Crippen LogP contribution in [0.25, 0.3) is 11.4 Å². The Balaban J connectivity index is 1.48. The van der Waals surface area contributed by atoms with Gasteiger partial charge in [-0.1, -0.05) is 47.1 Å². The van der Waals surface area contributed by atoms with Gasteiger partial charge in [0.2, 0.25) is 5.82 Å². The standard InChI is InChI=1S/C25H23N3O5/c1-16-8-10-17(11-9-16)24-27-23(33-28-24)15-32-21-7-5-4-6-19(21)25(29)26-20-14-18(30-2)12-13-22(20)31-3/h4-14H,15H2,1-3H3,(H,26,29). The summed E-state index contributed by atoms with van der Waals surface area (Å²) in [5.41, 5.74) is 2.83. The number of anilines is 1. The molecule has 4 aromatic rings. The summed E-state index contributed by atoms with van der Waals surface area (Å²) in [6.07, 6.45) is 0. The third-order valence-corrected chi connectivity index (χ3v) is 4.92. The average molecular weight is 445 g/mol. The summed E-state index contributed by atoms with van der Waals surface area (Å²) in [7, 11) is 3.09. The highest BCUT2D eigenvalue weighted by atomic mass is 16.5. The Bertz CT molecular complexity index is 1250. The van der Waals surface area contributed by atoms with Gasteiger partial charge in [0.05, 0.1) is 25.5 Å². The molecule has 0 atom stereocenters. The van der Waals surface area contributed by atoms with E-state index in [-0.39, 0.29) is 12.5 Å². The van der Waals surface area contributed by atoms with E-state index in [1.54, 1.807) is 49.6 Å². The van der Waals surface area contributed by atoms with Crippen LogP contribution in [-0.2, 0) is 6.61 Å². The molecule has 168 valence electrons. The van der Waals surface area contributed by atoms with Crippen LogP contribution in [0.1, 0.15) is 21.8 Å². The third-order valence-electron chi connectivity index (χ3n) is 4.92. The molecule has 0 unspecified atom stereocenters. The van der Waals surface area contributed by atoms with Gasteiger partial charge in [0.25, 0.3) is 11.8 Å². The van der Waals surface area contributed by atoms with E-state index in [1.807, 2.05) is 31.2 Å². The number of aryl methyl sites for hydroxylation is 1. The number of amides is 1. The molecule has 1 heterocycles. The van der Waals surface area contributed by atoms with Crippen molar-refractivity contribution in [3.8, 4) is 28.6 Å². The van der Waals surface area contributed by atoms with E-state index in [2.05, 4.69) is 15.5 Å². The number of para-hydroxylation sites is 1. The van der Waals surface area contributed by atoms with Gasteiger partial charge in [-0.3, -0.25) is 4.79 Å². The molecule has 0 aliphatic carbocycles. The van der Waals surface area contributed by atoms with Gasteiger partial charge < -0.3 is 24.1 Å². The molecule has 3 aromatic carbocycles. The van der Waals surface area contributed by atoms with Crippen LogP contribution >= 0.6 is 0 Å². The topological polar surface area (TPSA) is 95.7 Å². The number of benzene rings is 3. The molecule has 0 radical (unpaired) electrons. The lowest BCUT2D eigenvalue weighted by Crippen LogP contribution is -2.14. The Morgan fingerprint density at radius 1 is 0.970 bits per heavy atom. The zero-order valence-electron chi connectivity index (χ0n) is 18.5. The van der Waals surface area contributed by atoms with Gasteiger partial charge >= 0.3 is 0 Å². The summed E-state index contributed by atoms with van der Waals surface area (Å²) < 4.78 is 21.7. The molecule has 1 aromatic heterocycles. The fourth-order valence-corrected chi connectivity index (χ4v) is 3.15. The van der Waals surface area contributed by atoms with Crippen molar-refractivity contribution < 1.29 is 23.5 Å². The lowest BCUT2D eigenvalue weighted by atomic mass is 10.1. The highest BCUT2D eigenvalue weighted by Crippen LogP contribution is 2.30. The molecule has 0 saturated heterocycles. The van der Waals surface area contributed by atoms with Gasteiger partial charge in [-0.15, -0.1) is 0 Å². The molecule has 1 N–H and O–H groups in total. The number of nitrogens with zero attached hydrogens (tertiary/aromatic N) is 2. The zero-order valence-corrected chi connectivity index (χ0v) is 18.5. The van der Waals surface area contributed by atoms with Gasteiger partial charge in [-0.2, -0.15) is 4.98 Å². The molecule has 0 fully saturated rings. The fourth-order valence-electron chi connectivity index (χ4n) is 3.15. The first-order valence-electron chi connectivity index (χ1n) is 10.2. The van der Waals surface area contributed by atoms with Crippen molar-refractivity contribution in [1.29, 1.82) is 0 Å². The molecule has 33 heavy (non-hydrogen) atoms. The first-order chi connectivity index (χ1) is 16.1. The van der Waals surface area contributed by atoms with E-state index in [0.29, 0.717) is 40.2 Å². The van der Waals surface area contributed by atoms with Crippen molar-refractivity contribution in [2.75, 3.05) is 19.5 Å². The normalized spacial score (nSPS) is 10.5. The number of nitrogens with one attached hydrogen (secondary N) is 1. The Labute approximate surface area is 191 Å². The third kappa shape index (κ3) is 5.12. The number of ether oxygens (including phenoxy) is 3. The smallest absolute Gasteiger partial charge is 0.264 e. The van der Waals surface area contributed by atoms with Crippen molar-refractivity contribution >= 4 is 11.6 Å². The second-order valence-corrected chi connectivity index (χ2v) is 7.18. The number of rotatable bonds is 8. The van der Waals surface area contributed by atoms with E-state index in [4.69, 9.17) is 18.7 Å². The number of aromatic nitrogens is 2. The number of hydrogen-bond donors (Lipinski definition) is 1. The molecule has 0 spiro atoms. The second-order valence-electron chi connectivity index (χ2n) is 7.18. The molecule has 0 aliphatic rings. The van der Waals surface area contributed by atoms with Gasteiger partial charge in [-0.25, -0.2) is 0 Å². The highest BCUT2D eigenvalue weighted by Gasteiger charge is 2.16. The molecule has 8 nitrogen and oxygen atoms in total. The SMILES string of the molecule is COc1ccc(OC)c(NC(=O)c2ccccc2OCc2nc(-c3ccc(C)cc3)no2)c1. The maximum Gasteiger partial charge on any atom is 0.264 e. The van der Waals surface area contributed by atoms with Crippen LogP contribution < -0.4 is 19.5 Å². The van der Waals surface area contributed by atoms with Gasteiger partial charge in [0.15, 0.2) is 6.61 Å². The van der Waals surface area contributed by atoms with Crippen molar-refractivity contribution in [1.82, 2.24) is 10.1 Å². The van der Waals surface area contributed by atoms with Gasteiger partial charge in [0, 0.05) is 11.6 Å². The minimum absolute atomic E-state index is 0.0195. The lowest BCUT2D eigenvalue weighted by Gasteiger charge is -2.13. The predicted molar refractivity (Wildman–Crippen MR) is 123 cm³/mol. The Hall–Kier alpha value is -4.33. The van der Waals surface area contributed by atoms with Crippen molar-refractivity contribution in [2.24, 2.45) is 0 Å². The summed E-state index contributed by atoms with van der Waals surface area (Å²) >= 11 is 0. The van der Waals surface area contributed by atoms with Gasteiger partial charge in [0.1, 0.15) is 17.2 Å². The first kappa shape index (κ1) is 21.9. The highest BCUT2D eigenvalue weighted by molar-refractivity contribution is 6.07. The quantitative estimate of drug-likeness (QED) is 0.412. The Morgan fingerprint density at radius 3 is 2.52 bits per heavy atom. The Morgan fingerprint density at radius 2 is 1.76 bits per heavy atom. The van der Waals surface area contributed by atoms with Crippen LogP contribution in [-0.4, -0.2) is 30.3 Å². The maximum absolute atomic E-state index is 13.0. The monoisotopic (exact) mass is 445 g/mol. The molecule has 1 amide bonds. The second kappa shape index (κ2) is 9.86. The summed E-state index contributed by atoms with van der Waals surface area (Å²) in [6, 6.07) is 19.9. The molecule has 8 heteroatoms. The molecular formula is C25H23N3O5. The minimum Gasteiger partial charge on any atom is -0.497 e. The predicted octanol–water partition coefficient (Wildman–Crippen LogP) is 4.89. The van der Waals surface area contributed by atoms with Crippen LogP contribution in [0.15, 0.2) is 71.3 Å². The lowest BCUT2D eigenvalue weighted by molar-refractivity contribution is 0.102. The number of methoxy groups -OCH3 is 2. The summed E-state index contributed by atoms with van der Waals surface area (Å²) in [5, 5.41) is 6.85. The maximum atomic E-state index is 13.0. The summed E-state index contributed by atoms with van der Waals surface area (Å²) in [6.45, 7) is 2.03. The van der Waals surface area contributed by atoms with Crippen LogP contribution in [0.5, 0.6) is 17.2 Å². The van der Waals surface area contributed by atoms with Crippen LogP contribution in [0.4, 0.5) is 5.69 Å².